The van der Waals surface area contributed by atoms with Crippen LogP contribution in [0.3, 0.4) is 0 Å². The largest absolute Gasteiger partial charge is 0.330 e. The van der Waals surface area contributed by atoms with Crippen LogP contribution in [0, 0.1) is 13.8 Å². The van der Waals surface area contributed by atoms with E-state index in [1.165, 1.54) is 32.6 Å². The molecule has 1 N–H and O–H groups in total. The van der Waals surface area contributed by atoms with Crippen molar-refractivity contribution < 1.29 is 13.6 Å². The van der Waals surface area contributed by atoms with Crippen LogP contribution in [0.5, 0.6) is 0 Å². The number of nitrogens with zero attached hydrogens (tertiary/aromatic N) is 3. The number of aromatic nitrogens is 1. The number of pyridine rings is 1. The van der Waals surface area contributed by atoms with Gasteiger partial charge in [0.2, 0.25) is 0 Å². The van der Waals surface area contributed by atoms with Gasteiger partial charge in [0, 0.05) is 5.54 Å². The Kier molecular flexibility index (Phi) is 5.79. The number of rotatable bonds is 4. The number of amides is 2. The maximum atomic E-state index is 13.6. The molecule has 1 unspecified atom stereocenters. The average Bonchev–Trinajstić information content (AvgIpc) is 3.03. The average molecular weight is 461 g/mol. The monoisotopic (exact) mass is 460 g/mol. The summed E-state index contributed by atoms with van der Waals surface area (Å²) in [7, 11) is 5.75. The van der Waals surface area contributed by atoms with E-state index in [9.17, 15) is 13.6 Å². The van der Waals surface area contributed by atoms with Crippen molar-refractivity contribution in [2.24, 2.45) is 0 Å². The van der Waals surface area contributed by atoms with E-state index in [1.807, 2.05) is 0 Å². The predicted molar refractivity (Wildman–Crippen MR) is 126 cm³/mol. The standard InChI is InChI=1S/C24H31F2N4OP/c1-16-6-5-7-18(12-16)23(29(3)4)10-8-22(9-11-23)15-30(21(31)28-22)19-14-27-20(13-17(19)2)24(25,26)32/h5-7,12-14H,8-11,15,32H2,1-4H3,(H,28,31). The number of aryl methyl sites for hydroxylation is 2. The molecule has 1 saturated heterocycles. The Morgan fingerprint density at radius 2 is 1.84 bits per heavy atom. The van der Waals surface area contributed by atoms with Gasteiger partial charge in [0.05, 0.1) is 24.0 Å². The van der Waals surface area contributed by atoms with Crippen LogP contribution in [0.1, 0.15) is 48.1 Å². The molecule has 172 valence electrons. The summed E-state index contributed by atoms with van der Waals surface area (Å²) in [5.41, 5.74) is -0.0476. The minimum Gasteiger partial charge on any atom is -0.330 e. The Hall–Kier alpha value is -2.11. The summed E-state index contributed by atoms with van der Waals surface area (Å²) in [5.74, 6) is 0. The fourth-order valence-electron chi connectivity index (χ4n) is 5.27. The van der Waals surface area contributed by atoms with Crippen molar-refractivity contribution in [1.82, 2.24) is 15.2 Å². The molecular weight excluding hydrogens is 429 g/mol. The highest BCUT2D eigenvalue weighted by molar-refractivity contribution is 7.17. The second kappa shape index (κ2) is 8.03. The first kappa shape index (κ1) is 23.1. The molecule has 2 heterocycles. The van der Waals surface area contributed by atoms with Crippen LogP contribution in [0.25, 0.3) is 0 Å². The van der Waals surface area contributed by atoms with Gasteiger partial charge < -0.3 is 5.32 Å². The van der Waals surface area contributed by atoms with Crippen LogP contribution in [0.15, 0.2) is 36.5 Å². The number of halogens is 2. The minimum absolute atomic E-state index is 0.0705. The van der Waals surface area contributed by atoms with Crippen molar-refractivity contribution in [2.45, 2.75) is 56.3 Å². The Bertz CT molecular complexity index is 1030. The zero-order valence-corrected chi connectivity index (χ0v) is 20.2. The van der Waals surface area contributed by atoms with Gasteiger partial charge in [0.25, 0.3) is 5.66 Å². The number of carbonyl (C=O) groups excluding carboxylic acids is 1. The minimum atomic E-state index is -3.09. The van der Waals surface area contributed by atoms with Crippen LogP contribution in [-0.4, -0.2) is 42.1 Å². The summed E-state index contributed by atoms with van der Waals surface area (Å²) in [6.45, 7) is 4.37. The van der Waals surface area contributed by atoms with Gasteiger partial charge in [0.1, 0.15) is 5.69 Å². The molecule has 0 radical (unpaired) electrons. The van der Waals surface area contributed by atoms with Crippen molar-refractivity contribution in [1.29, 1.82) is 0 Å². The van der Waals surface area contributed by atoms with E-state index >= 15 is 0 Å². The van der Waals surface area contributed by atoms with E-state index in [0.717, 1.165) is 25.7 Å². The van der Waals surface area contributed by atoms with E-state index < -0.39 is 5.66 Å². The second-order valence-electron chi connectivity index (χ2n) is 9.57. The van der Waals surface area contributed by atoms with Gasteiger partial charge in [-0.05, 0) is 70.8 Å². The van der Waals surface area contributed by atoms with E-state index in [2.05, 4.69) is 60.5 Å². The summed E-state index contributed by atoms with van der Waals surface area (Å²) < 4.78 is 27.2. The highest BCUT2D eigenvalue weighted by atomic mass is 31.0. The molecule has 2 aliphatic rings. The number of alkyl halides is 2. The predicted octanol–water partition coefficient (Wildman–Crippen LogP) is 4.92. The normalized spacial score (nSPS) is 26.1. The molecule has 0 bridgehead atoms. The van der Waals surface area contributed by atoms with Crippen LogP contribution in [-0.2, 0) is 11.2 Å². The molecule has 8 heteroatoms. The number of carbonyl (C=O) groups is 1. The van der Waals surface area contributed by atoms with Crippen LogP contribution in [0.2, 0.25) is 0 Å². The van der Waals surface area contributed by atoms with Crippen molar-refractivity contribution in [2.75, 3.05) is 25.5 Å². The molecule has 1 aliphatic carbocycles. The first-order valence-corrected chi connectivity index (χ1v) is 11.5. The third-order valence-corrected chi connectivity index (χ3v) is 7.54. The number of hydrogen-bond donors (Lipinski definition) is 1. The van der Waals surface area contributed by atoms with E-state index in [1.54, 1.807) is 11.8 Å². The Labute approximate surface area is 190 Å². The van der Waals surface area contributed by atoms with Gasteiger partial charge in [-0.15, -0.1) is 0 Å². The molecule has 2 amide bonds. The van der Waals surface area contributed by atoms with E-state index in [-0.39, 0.29) is 22.8 Å². The summed E-state index contributed by atoms with van der Waals surface area (Å²) >= 11 is 0. The molecular formula is C24H31F2N4OP. The molecule has 1 atom stereocenters. The topological polar surface area (TPSA) is 48.5 Å². The molecule has 1 aromatic heterocycles. The third-order valence-electron chi connectivity index (χ3n) is 7.24. The van der Waals surface area contributed by atoms with Crippen LogP contribution < -0.4 is 10.2 Å². The van der Waals surface area contributed by atoms with Crippen molar-refractivity contribution in [3.05, 3.63) is 58.9 Å². The van der Waals surface area contributed by atoms with E-state index in [4.69, 9.17) is 0 Å². The molecule has 32 heavy (non-hydrogen) atoms. The quantitative estimate of drug-likeness (QED) is 0.659. The van der Waals surface area contributed by atoms with Gasteiger partial charge in [-0.25, -0.2) is 4.79 Å². The molecule has 1 aromatic carbocycles. The maximum absolute atomic E-state index is 13.6. The van der Waals surface area contributed by atoms with Gasteiger partial charge in [-0.3, -0.25) is 14.8 Å². The number of anilines is 1. The molecule has 2 aromatic rings. The number of benzene rings is 1. The third kappa shape index (κ3) is 4.01. The SMILES string of the molecule is Cc1cccc(C2(N(C)C)CCC3(CC2)CN(c2cnc(C(F)(F)P)cc2C)C(=O)N3)c1. The maximum Gasteiger partial charge on any atom is 0.322 e. The summed E-state index contributed by atoms with van der Waals surface area (Å²) in [4.78, 5) is 20.8. The second-order valence-corrected chi connectivity index (χ2v) is 10.3. The molecule has 1 saturated carbocycles. The van der Waals surface area contributed by atoms with Crippen molar-refractivity contribution in [3.8, 4) is 0 Å². The van der Waals surface area contributed by atoms with Crippen molar-refractivity contribution in [3.63, 3.8) is 0 Å². The highest BCUT2D eigenvalue weighted by Gasteiger charge is 2.50. The number of hydrogen-bond acceptors (Lipinski definition) is 3. The first-order valence-electron chi connectivity index (χ1n) is 10.9. The Balaban J connectivity index is 1.56. The molecule has 1 spiro atoms. The summed E-state index contributed by atoms with van der Waals surface area (Å²) in [5, 5.41) is 3.22. The lowest BCUT2D eigenvalue weighted by atomic mass is 9.68. The molecule has 4 rings (SSSR count). The molecule has 1 aliphatic heterocycles. The smallest absolute Gasteiger partial charge is 0.322 e. The fourth-order valence-corrected chi connectivity index (χ4v) is 5.43. The lowest BCUT2D eigenvalue weighted by Crippen LogP contribution is -2.54. The zero-order valence-electron chi connectivity index (χ0n) is 19.1. The first-order chi connectivity index (χ1) is 15.0. The van der Waals surface area contributed by atoms with Gasteiger partial charge in [-0.1, -0.05) is 39.1 Å². The van der Waals surface area contributed by atoms with Gasteiger partial charge >= 0.3 is 6.03 Å². The van der Waals surface area contributed by atoms with Crippen LogP contribution >= 0.6 is 9.24 Å². The van der Waals surface area contributed by atoms with Crippen molar-refractivity contribution >= 4 is 21.0 Å². The Morgan fingerprint density at radius 3 is 2.41 bits per heavy atom. The summed E-state index contributed by atoms with van der Waals surface area (Å²) in [6.07, 6.45) is 4.92. The van der Waals surface area contributed by atoms with Gasteiger partial charge in [-0.2, -0.15) is 8.78 Å². The molecule has 2 fully saturated rings. The Morgan fingerprint density at radius 1 is 1.16 bits per heavy atom. The van der Waals surface area contributed by atoms with E-state index in [0.29, 0.717) is 17.8 Å². The zero-order chi connectivity index (χ0) is 23.3. The lowest BCUT2D eigenvalue weighted by molar-refractivity contribution is 0.0657. The van der Waals surface area contributed by atoms with Gasteiger partial charge in [0.15, 0.2) is 0 Å². The lowest BCUT2D eigenvalue weighted by Gasteiger charge is -2.48. The highest BCUT2D eigenvalue weighted by Crippen LogP contribution is 2.47. The number of nitrogens with one attached hydrogen (secondary N) is 1. The fraction of sp³-hybridized carbons (Fsp3) is 0.500. The summed E-state index contributed by atoms with van der Waals surface area (Å²) in [6, 6.07) is 9.85. The van der Waals surface area contributed by atoms with Crippen LogP contribution in [0.4, 0.5) is 19.3 Å². The molecule has 5 nitrogen and oxygen atoms in total. The number of urea groups is 1.